The lowest BCUT2D eigenvalue weighted by Gasteiger charge is -2.37. The number of hydrogen-bond donors (Lipinski definition) is 1. The van der Waals surface area contributed by atoms with E-state index in [4.69, 9.17) is 5.73 Å². The number of rotatable bonds is 4. The molecule has 3 heteroatoms. The van der Waals surface area contributed by atoms with Gasteiger partial charge >= 0.3 is 0 Å². The van der Waals surface area contributed by atoms with Crippen molar-refractivity contribution < 1.29 is 8.78 Å². The van der Waals surface area contributed by atoms with Gasteiger partial charge in [0.15, 0.2) is 11.6 Å². The predicted molar refractivity (Wildman–Crippen MR) is 73.6 cm³/mol. The molecule has 106 valence electrons. The highest BCUT2D eigenvalue weighted by Crippen LogP contribution is 2.51. The lowest BCUT2D eigenvalue weighted by Crippen LogP contribution is -2.34. The van der Waals surface area contributed by atoms with Gasteiger partial charge in [0, 0.05) is 11.6 Å². The molecule has 1 fully saturated rings. The van der Waals surface area contributed by atoms with Crippen LogP contribution in [0.3, 0.4) is 0 Å². The quantitative estimate of drug-likeness (QED) is 0.849. The Kier molecular flexibility index (Phi) is 4.24. The van der Waals surface area contributed by atoms with Gasteiger partial charge in [-0.3, -0.25) is 0 Å². The summed E-state index contributed by atoms with van der Waals surface area (Å²) in [5.74, 6) is -1.06. The average molecular weight is 267 g/mol. The summed E-state index contributed by atoms with van der Waals surface area (Å²) in [5.41, 5.74) is 6.62. The molecule has 1 nitrogen and oxygen atoms in total. The highest BCUT2D eigenvalue weighted by atomic mass is 19.2. The van der Waals surface area contributed by atoms with E-state index in [1.165, 1.54) is 0 Å². The maximum absolute atomic E-state index is 14.0. The van der Waals surface area contributed by atoms with Crippen LogP contribution in [0.25, 0.3) is 0 Å². The molecule has 0 aliphatic heterocycles. The molecule has 1 aliphatic rings. The van der Waals surface area contributed by atoms with Gasteiger partial charge in [-0.1, -0.05) is 38.8 Å². The van der Waals surface area contributed by atoms with Gasteiger partial charge in [-0.25, -0.2) is 8.78 Å². The van der Waals surface area contributed by atoms with Crippen molar-refractivity contribution in [2.75, 3.05) is 0 Å². The van der Waals surface area contributed by atoms with E-state index in [0.29, 0.717) is 11.5 Å². The van der Waals surface area contributed by atoms with E-state index in [1.54, 1.807) is 12.1 Å². The maximum atomic E-state index is 14.0. The summed E-state index contributed by atoms with van der Waals surface area (Å²) in [4.78, 5) is 0. The van der Waals surface area contributed by atoms with Crippen LogP contribution in [0.5, 0.6) is 0 Å². The van der Waals surface area contributed by atoms with Crippen molar-refractivity contribution in [3.63, 3.8) is 0 Å². The summed E-state index contributed by atoms with van der Waals surface area (Å²) in [5, 5.41) is 0. The summed E-state index contributed by atoms with van der Waals surface area (Å²) in [6.07, 6.45) is 5.28. The zero-order valence-corrected chi connectivity index (χ0v) is 11.8. The van der Waals surface area contributed by atoms with Crippen LogP contribution in [0.2, 0.25) is 0 Å². The van der Waals surface area contributed by atoms with Crippen molar-refractivity contribution in [2.45, 2.75) is 52.0 Å². The highest BCUT2D eigenvalue weighted by molar-refractivity contribution is 5.25. The number of halogens is 2. The fourth-order valence-corrected chi connectivity index (χ4v) is 3.62. The molecule has 1 saturated carbocycles. The van der Waals surface area contributed by atoms with E-state index in [1.807, 2.05) is 0 Å². The van der Waals surface area contributed by atoms with Gasteiger partial charge in [0.1, 0.15) is 0 Å². The van der Waals surface area contributed by atoms with E-state index < -0.39 is 17.7 Å². The van der Waals surface area contributed by atoms with Crippen LogP contribution in [0.1, 0.15) is 57.6 Å². The minimum atomic E-state index is -0.800. The molecule has 2 rings (SSSR count). The lowest BCUT2D eigenvalue weighted by molar-refractivity contribution is 0.180. The zero-order valence-electron chi connectivity index (χ0n) is 11.8. The van der Waals surface area contributed by atoms with Crippen molar-refractivity contribution in [1.82, 2.24) is 0 Å². The summed E-state index contributed by atoms with van der Waals surface area (Å²) in [6.45, 7) is 4.32. The molecular weight excluding hydrogens is 244 g/mol. The molecule has 0 aromatic heterocycles. The van der Waals surface area contributed by atoms with Gasteiger partial charge in [-0.2, -0.15) is 0 Å². The van der Waals surface area contributed by atoms with Crippen LogP contribution < -0.4 is 5.73 Å². The first-order chi connectivity index (χ1) is 8.96. The minimum absolute atomic E-state index is 0.0667. The molecule has 1 unspecified atom stereocenters. The van der Waals surface area contributed by atoms with E-state index in [0.717, 1.165) is 38.2 Å². The van der Waals surface area contributed by atoms with E-state index in [2.05, 4.69) is 13.8 Å². The van der Waals surface area contributed by atoms with Gasteiger partial charge in [0.05, 0.1) is 0 Å². The topological polar surface area (TPSA) is 26.0 Å². The third-order valence-electron chi connectivity index (χ3n) is 4.39. The third-order valence-corrected chi connectivity index (χ3v) is 4.39. The molecule has 2 N–H and O–H groups in total. The average Bonchev–Trinajstić information content (AvgIpc) is 2.80. The van der Waals surface area contributed by atoms with Crippen molar-refractivity contribution in [2.24, 2.45) is 17.1 Å². The smallest absolute Gasteiger partial charge is 0.163 e. The van der Waals surface area contributed by atoms with E-state index >= 15 is 0 Å². The second-order valence-electron chi connectivity index (χ2n) is 6.29. The van der Waals surface area contributed by atoms with Crippen LogP contribution in [-0.4, -0.2) is 0 Å². The second kappa shape index (κ2) is 5.58. The zero-order chi connectivity index (χ0) is 14.0. The van der Waals surface area contributed by atoms with Crippen molar-refractivity contribution in [1.29, 1.82) is 0 Å². The molecular formula is C16H23F2N. The minimum Gasteiger partial charge on any atom is -0.323 e. The maximum Gasteiger partial charge on any atom is 0.163 e. The molecule has 1 aliphatic carbocycles. The summed E-state index contributed by atoms with van der Waals surface area (Å²) < 4.78 is 27.3. The molecule has 1 atom stereocenters. The van der Waals surface area contributed by atoms with Crippen molar-refractivity contribution in [3.05, 3.63) is 35.4 Å². The summed E-state index contributed by atoms with van der Waals surface area (Å²) in [7, 11) is 0. The molecule has 0 amide bonds. The molecule has 19 heavy (non-hydrogen) atoms. The van der Waals surface area contributed by atoms with Crippen LogP contribution in [-0.2, 0) is 0 Å². The number of hydrogen-bond acceptors (Lipinski definition) is 1. The molecule has 0 spiro atoms. The Hall–Kier alpha value is -0.960. The monoisotopic (exact) mass is 267 g/mol. The Bertz CT molecular complexity index is 436. The van der Waals surface area contributed by atoms with Gasteiger partial charge in [0.2, 0.25) is 0 Å². The number of nitrogens with two attached hydrogens (primary N) is 1. The SMILES string of the molecule is CC(C)CC1(C(N)c2cccc(F)c2F)CCCC1. The summed E-state index contributed by atoms with van der Waals surface area (Å²) >= 11 is 0. The Morgan fingerprint density at radius 1 is 1.21 bits per heavy atom. The molecule has 1 aromatic carbocycles. The standard InChI is InChI=1S/C16H23F2N/c1-11(2)10-16(8-3-4-9-16)15(19)12-6-5-7-13(17)14(12)18/h5-7,11,15H,3-4,8-10,19H2,1-2H3. The van der Waals surface area contributed by atoms with Crippen LogP contribution >= 0.6 is 0 Å². The first-order valence-electron chi connectivity index (χ1n) is 7.16. The molecule has 0 radical (unpaired) electrons. The van der Waals surface area contributed by atoms with Gasteiger partial charge in [-0.05, 0) is 36.7 Å². The fraction of sp³-hybridized carbons (Fsp3) is 0.625. The Morgan fingerprint density at radius 2 is 1.84 bits per heavy atom. The molecule has 0 saturated heterocycles. The Morgan fingerprint density at radius 3 is 2.42 bits per heavy atom. The molecule has 1 aromatic rings. The van der Waals surface area contributed by atoms with Gasteiger partial charge < -0.3 is 5.73 Å². The highest BCUT2D eigenvalue weighted by Gasteiger charge is 2.41. The first-order valence-corrected chi connectivity index (χ1v) is 7.16. The predicted octanol–water partition coefficient (Wildman–Crippen LogP) is 4.57. The summed E-state index contributed by atoms with van der Waals surface area (Å²) in [6, 6.07) is 3.91. The first kappa shape index (κ1) is 14.4. The second-order valence-corrected chi connectivity index (χ2v) is 6.29. The van der Waals surface area contributed by atoms with Gasteiger partial charge in [-0.15, -0.1) is 0 Å². The largest absolute Gasteiger partial charge is 0.323 e. The number of benzene rings is 1. The normalized spacial score (nSPS) is 19.9. The fourth-order valence-electron chi connectivity index (χ4n) is 3.62. The van der Waals surface area contributed by atoms with Crippen LogP contribution in [0.15, 0.2) is 18.2 Å². The molecule has 0 heterocycles. The van der Waals surface area contributed by atoms with Crippen LogP contribution in [0, 0.1) is 23.0 Å². The van der Waals surface area contributed by atoms with Crippen LogP contribution in [0.4, 0.5) is 8.78 Å². The Labute approximate surface area is 114 Å². The van der Waals surface area contributed by atoms with Gasteiger partial charge in [0.25, 0.3) is 0 Å². The van der Waals surface area contributed by atoms with E-state index in [-0.39, 0.29) is 5.41 Å². The third kappa shape index (κ3) is 2.81. The Balaban J connectivity index is 2.34. The lowest BCUT2D eigenvalue weighted by atomic mass is 9.70. The van der Waals surface area contributed by atoms with Crippen molar-refractivity contribution >= 4 is 0 Å². The molecule has 0 bridgehead atoms. The van der Waals surface area contributed by atoms with Crippen molar-refractivity contribution in [3.8, 4) is 0 Å². The van der Waals surface area contributed by atoms with E-state index in [9.17, 15) is 8.78 Å².